The lowest BCUT2D eigenvalue weighted by molar-refractivity contribution is -0.189. The Morgan fingerprint density at radius 2 is 1.68 bits per heavy atom. The topological polar surface area (TPSA) is 96.4 Å². The first-order valence-electron chi connectivity index (χ1n) is 12.7. The average molecular weight is 510 g/mol. The molecule has 196 valence electrons. The molecule has 2 atom stereocenters. The van der Waals surface area contributed by atoms with Gasteiger partial charge in [-0.3, -0.25) is 9.59 Å². The van der Waals surface area contributed by atoms with E-state index in [2.05, 4.69) is 5.32 Å². The summed E-state index contributed by atoms with van der Waals surface area (Å²) in [7, 11) is 1.69. The Bertz CT molecular complexity index is 1150. The minimum atomic E-state index is -0.752. The number of carbonyl (C=O) groups excluding carboxylic acids is 3. The molecule has 0 radical (unpaired) electrons. The lowest BCUT2D eigenvalue weighted by Crippen LogP contribution is -2.76. The zero-order valence-electron chi connectivity index (χ0n) is 20.8. The third-order valence-corrected chi connectivity index (χ3v) is 7.58. The van der Waals surface area contributed by atoms with Crippen LogP contribution in [0.2, 0.25) is 0 Å². The van der Waals surface area contributed by atoms with Gasteiger partial charge in [-0.25, -0.2) is 19.2 Å². The summed E-state index contributed by atoms with van der Waals surface area (Å²) in [6, 6.07) is 11.5. The van der Waals surface area contributed by atoms with Crippen LogP contribution in [0.4, 0.5) is 9.18 Å². The summed E-state index contributed by atoms with van der Waals surface area (Å²) in [5, 5.41) is 15.7. The van der Waals surface area contributed by atoms with Crippen LogP contribution in [0, 0.1) is 5.82 Å². The number of hydrogen-bond donors (Lipinski definition) is 2. The number of nitrogens with zero attached hydrogens (tertiary/aromatic N) is 4. The van der Waals surface area contributed by atoms with Gasteiger partial charge in [0.25, 0.3) is 0 Å². The summed E-state index contributed by atoms with van der Waals surface area (Å²) >= 11 is 0. The van der Waals surface area contributed by atoms with Gasteiger partial charge in [-0.15, -0.1) is 0 Å². The number of fused-ring (bicyclic) bond motifs is 1. The van der Waals surface area contributed by atoms with Gasteiger partial charge in [0.1, 0.15) is 23.8 Å². The van der Waals surface area contributed by atoms with Crippen LogP contribution >= 0.6 is 0 Å². The zero-order chi connectivity index (χ0) is 26.1. The second-order valence-corrected chi connectivity index (χ2v) is 10.0. The zero-order valence-corrected chi connectivity index (χ0v) is 20.8. The second kappa shape index (κ2) is 10.4. The van der Waals surface area contributed by atoms with Crippen LogP contribution in [0.1, 0.15) is 36.8 Å². The molecule has 5 rings (SSSR count). The van der Waals surface area contributed by atoms with Crippen molar-refractivity contribution in [2.45, 2.75) is 56.9 Å². The van der Waals surface area contributed by atoms with Crippen molar-refractivity contribution in [2.75, 3.05) is 20.1 Å². The van der Waals surface area contributed by atoms with Gasteiger partial charge in [0.2, 0.25) is 11.8 Å². The molecular formula is C27H32FN5O4. The Labute approximate surface area is 215 Å². The molecule has 2 N–H and O–H groups in total. The normalized spacial score (nSPS) is 22.9. The molecule has 2 aliphatic heterocycles. The van der Waals surface area contributed by atoms with Crippen molar-refractivity contribution < 1.29 is 23.9 Å². The van der Waals surface area contributed by atoms with Crippen molar-refractivity contribution >= 4 is 17.8 Å². The number of halogens is 1. The minimum absolute atomic E-state index is 0.0384. The molecule has 2 aromatic carbocycles. The third kappa shape index (κ3) is 5.11. The smallest absolute Gasteiger partial charge is 0.334 e. The maximum absolute atomic E-state index is 13.8. The van der Waals surface area contributed by atoms with E-state index < -0.39 is 18.2 Å². The third-order valence-electron chi connectivity index (χ3n) is 7.58. The molecule has 1 aliphatic carbocycles. The van der Waals surface area contributed by atoms with Crippen LogP contribution in [-0.2, 0) is 22.6 Å². The maximum atomic E-state index is 13.8. The number of amides is 4. The summed E-state index contributed by atoms with van der Waals surface area (Å²) in [4.78, 5) is 44.0. The fourth-order valence-electron chi connectivity index (χ4n) is 5.73. The number of carbonyl (C=O) groups is 3. The van der Waals surface area contributed by atoms with E-state index in [9.17, 15) is 23.9 Å². The van der Waals surface area contributed by atoms with Crippen LogP contribution in [0.3, 0.4) is 0 Å². The Morgan fingerprint density at radius 3 is 2.35 bits per heavy atom. The summed E-state index contributed by atoms with van der Waals surface area (Å²) in [5.74, 6) is -0.526. The molecular weight excluding hydrogens is 477 g/mol. The first-order chi connectivity index (χ1) is 17.8. The van der Waals surface area contributed by atoms with Crippen molar-refractivity contribution in [1.29, 1.82) is 0 Å². The quantitative estimate of drug-likeness (QED) is 0.646. The van der Waals surface area contributed by atoms with E-state index in [0.717, 1.165) is 36.8 Å². The SMILES string of the molecule is CN1CC(=O)N2[C@@H](Cc3ccc(O)cc3)C(=O)N(C3CCCC3)C[C@@H]2N1C(=O)NCc1ccc(F)cc1. The lowest BCUT2D eigenvalue weighted by Gasteiger charge is -2.55. The minimum Gasteiger partial charge on any atom is -0.508 e. The number of likely N-dealkylation sites (N-methyl/N-ethyl adjacent to an activating group) is 1. The number of phenolic OH excluding ortho intramolecular Hbond substituents is 1. The fourth-order valence-corrected chi connectivity index (χ4v) is 5.73. The van der Waals surface area contributed by atoms with E-state index >= 15 is 0 Å². The number of hydrogen-bond acceptors (Lipinski definition) is 5. The molecule has 2 heterocycles. The highest BCUT2D eigenvalue weighted by Gasteiger charge is 2.51. The molecule has 10 heteroatoms. The summed E-state index contributed by atoms with van der Waals surface area (Å²) in [5.41, 5.74) is 1.57. The van der Waals surface area contributed by atoms with Gasteiger partial charge in [-0.1, -0.05) is 37.1 Å². The van der Waals surface area contributed by atoms with Crippen LogP contribution in [-0.4, -0.2) is 81.2 Å². The van der Waals surface area contributed by atoms with Crippen molar-refractivity contribution in [1.82, 2.24) is 25.1 Å². The molecule has 0 bridgehead atoms. The molecule has 9 nitrogen and oxygen atoms in total. The van der Waals surface area contributed by atoms with Gasteiger partial charge in [0.15, 0.2) is 0 Å². The standard InChI is InChI=1S/C27H32FN5O4/c1-30-17-25(35)32-23(14-18-8-12-22(34)13-9-18)26(36)31(21-4-2-3-5-21)16-24(32)33(30)27(37)29-15-19-6-10-20(28)11-7-19/h6-13,21,23-24,34H,2-5,14-17H2,1H3,(H,29,37)/t23-,24-/m0/s1. The number of phenols is 1. The van der Waals surface area contributed by atoms with Crippen molar-refractivity contribution in [3.63, 3.8) is 0 Å². The van der Waals surface area contributed by atoms with Crippen LogP contribution in [0.25, 0.3) is 0 Å². The fraction of sp³-hybridized carbons (Fsp3) is 0.444. The highest BCUT2D eigenvalue weighted by atomic mass is 19.1. The maximum Gasteiger partial charge on any atom is 0.334 e. The van der Waals surface area contributed by atoms with Gasteiger partial charge in [0.05, 0.1) is 13.1 Å². The highest BCUT2D eigenvalue weighted by Crippen LogP contribution is 2.33. The van der Waals surface area contributed by atoms with E-state index in [0.29, 0.717) is 6.42 Å². The Morgan fingerprint density at radius 1 is 1.03 bits per heavy atom. The van der Waals surface area contributed by atoms with E-state index in [-0.39, 0.29) is 49.1 Å². The summed E-state index contributed by atoms with van der Waals surface area (Å²) in [6.45, 7) is 0.408. The van der Waals surface area contributed by atoms with E-state index in [4.69, 9.17) is 0 Å². The van der Waals surface area contributed by atoms with Crippen molar-refractivity contribution in [3.8, 4) is 5.75 Å². The monoisotopic (exact) mass is 509 g/mol. The molecule has 1 saturated carbocycles. The Kier molecular flexibility index (Phi) is 7.01. The molecule has 37 heavy (non-hydrogen) atoms. The molecule has 3 aliphatic rings. The summed E-state index contributed by atoms with van der Waals surface area (Å²) < 4.78 is 13.3. The lowest BCUT2D eigenvalue weighted by atomic mass is 9.97. The first kappa shape index (κ1) is 25.0. The molecule has 0 unspecified atom stereocenters. The molecule has 4 amide bonds. The highest BCUT2D eigenvalue weighted by molar-refractivity contribution is 5.92. The van der Waals surface area contributed by atoms with Crippen molar-refractivity contribution in [3.05, 3.63) is 65.5 Å². The predicted octanol–water partition coefficient (Wildman–Crippen LogP) is 2.45. The van der Waals surface area contributed by atoms with E-state index in [1.165, 1.54) is 17.1 Å². The molecule has 0 aromatic heterocycles. The van der Waals surface area contributed by atoms with E-state index in [1.807, 2.05) is 4.90 Å². The average Bonchev–Trinajstić information content (AvgIpc) is 3.41. The van der Waals surface area contributed by atoms with Crippen LogP contribution < -0.4 is 5.32 Å². The molecule has 2 saturated heterocycles. The molecule has 2 aromatic rings. The molecule has 3 fully saturated rings. The largest absolute Gasteiger partial charge is 0.508 e. The van der Waals surface area contributed by atoms with Gasteiger partial charge < -0.3 is 20.2 Å². The molecule has 0 spiro atoms. The van der Waals surface area contributed by atoms with Gasteiger partial charge >= 0.3 is 6.03 Å². The number of aromatic hydroxyl groups is 1. The Hall–Kier alpha value is -3.66. The van der Waals surface area contributed by atoms with Gasteiger partial charge in [-0.2, -0.15) is 0 Å². The first-order valence-corrected chi connectivity index (χ1v) is 12.7. The second-order valence-electron chi connectivity index (χ2n) is 10.0. The number of benzene rings is 2. The van der Waals surface area contributed by atoms with Gasteiger partial charge in [-0.05, 0) is 48.2 Å². The van der Waals surface area contributed by atoms with Crippen LogP contribution in [0.15, 0.2) is 48.5 Å². The summed E-state index contributed by atoms with van der Waals surface area (Å²) in [6.07, 6.45) is 3.55. The number of hydrazine groups is 1. The van der Waals surface area contributed by atoms with Crippen LogP contribution in [0.5, 0.6) is 5.75 Å². The Balaban J connectivity index is 1.43. The number of piperazine rings is 1. The number of nitrogens with one attached hydrogen (secondary N) is 1. The predicted molar refractivity (Wildman–Crippen MR) is 133 cm³/mol. The van der Waals surface area contributed by atoms with E-state index in [1.54, 1.807) is 53.4 Å². The number of urea groups is 1. The van der Waals surface area contributed by atoms with Gasteiger partial charge in [0, 0.05) is 26.1 Å². The van der Waals surface area contributed by atoms with Crippen molar-refractivity contribution in [2.24, 2.45) is 0 Å². The number of rotatable bonds is 5.